The second-order valence-corrected chi connectivity index (χ2v) is 7.25. The Morgan fingerprint density at radius 1 is 0.968 bits per heavy atom. The fourth-order valence-electron chi connectivity index (χ4n) is 3.32. The maximum atomic E-state index is 13.0. The van der Waals surface area contributed by atoms with Crippen LogP contribution in [-0.4, -0.2) is 71.6 Å². The van der Waals surface area contributed by atoms with Crippen molar-refractivity contribution in [2.45, 2.75) is 12.6 Å². The van der Waals surface area contributed by atoms with Crippen molar-refractivity contribution in [3.8, 4) is 0 Å². The molecule has 1 aliphatic heterocycles. The van der Waals surface area contributed by atoms with Gasteiger partial charge in [0, 0.05) is 37.4 Å². The molecule has 0 bridgehead atoms. The van der Waals surface area contributed by atoms with Crippen LogP contribution in [0.1, 0.15) is 16.8 Å². The normalized spacial score (nSPS) is 15.6. The molecule has 0 aliphatic carbocycles. The minimum atomic E-state index is -1.64. The highest BCUT2D eigenvalue weighted by atomic mass is 19.1. The molecule has 3 rings (SSSR count). The van der Waals surface area contributed by atoms with E-state index in [1.165, 1.54) is 29.2 Å². The first kappa shape index (κ1) is 22.4. The van der Waals surface area contributed by atoms with Crippen LogP contribution < -0.4 is 10.6 Å². The fraction of sp³-hybridized carbons (Fsp3) is 0.318. The lowest BCUT2D eigenvalue weighted by molar-refractivity contribution is -0.141. The number of rotatable bonds is 6. The number of carbonyl (C=O) groups excluding carboxylic acids is 3. The molecular formula is C22H25FN4O4. The van der Waals surface area contributed by atoms with E-state index >= 15 is 0 Å². The summed E-state index contributed by atoms with van der Waals surface area (Å²) in [4.78, 5) is 40.3. The number of nitrogens with zero attached hydrogens (tertiary/aromatic N) is 2. The second-order valence-electron chi connectivity index (χ2n) is 7.25. The monoisotopic (exact) mass is 428 g/mol. The smallest absolute Gasteiger partial charge is 0.272 e. The standard InChI is InChI=1S/C22H25FN4O4/c23-17-7-9-18(10-8-17)24-19(28)15-26-11-4-12-27(14-13-26)22(31)21(30)25-20(29)16-5-2-1-3-6-16/h1-3,5-10,21,30H,4,11-15H2,(H,24,28)(H,25,29). The molecule has 2 aromatic carbocycles. The summed E-state index contributed by atoms with van der Waals surface area (Å²) in [5, 5.41) is 15.2. The minimum absolute atomic E-state index is 0.132. The first-order valence-electron chi connectivity index (χ1n) is 10.0. The summed E-state index contributed by atoms with van der Waals surface area (Å²) < 4.78 is 13.0. The maximum Gasteiger partial charge on any atom is 0.272 e. The Kier molecular flexibility index (Phi) is 7.69. The van der Waals surface area contributed by atoms with Gasteiger partial charge in [-0.3, -0.25) is 19.3 Å². The van der Waals surface area contributed by atoms with Gasteiger partial charge in [-0.25, -0.2) is 4.39 Å². The van der Waals surface area contributed by atoms with Gasteiger partial charge in [-0.2, -0.15) is 0 Å². The van der Waals surface area contributed by atoms with Gasteiger partial charge in [-0.1, -0.05) is 18.2 Å². The quantitative estimate of drug-likeness (QED) is 0.597. The molecule has 1 saturated heterocycles. The van der Waals surface area contributed by atoms with E-state index in [9.17, 15) is 23.9 Å². The summed E-state index contributed by atoms with van der Waals surface area (Å²) in [7, 11) is 0. The molecule has 8 nitrogen and oxygen atoms in total. The predicted octanol–water partition coefficient (Wildman–Crippen LogP) is 1.05. The van der Waals surface area contributed by atoms with E-state index < -0.39 is 18.0 Å². The largest absolute Gasteiger partial charge is 0.365 e. The van der Waals surface area contributed by atoms with Gasteiger partial charge in [0.1, 0.15) is 5.82 Å². The average molecular weight is 428 g/mol. The molecule has 0 radical (unpaired) electrons. The molecule has 1 aliphatic rings. The van der Waals surface area contributed by atoms with E-state index in [-0.39, 0.29) is 18.3 Å². The molecule has 0 aromatic heterocycles. The Bertz CT molecular complexity index is 907. The molecular weight excluding hydrogens is 403 g/mol. The van der Waals surface area contributed by atoms with E-state index in [1.807, 2.05) is 4.90 Å². The van der Waals surface area contributed by atoms with Crippen LogP contribution >= 0.6 is 0 Å². The van der Waals surface area contributed by atoms with Crippen LogP contribution in [0.4, 0.5) is 10.1 Å². The van der Waals surface area contributed by atoms with Gasteiger partial charge in [-0.05, 0) is 42.8 Å². The van der Waals surface area contributed by atoms with Crippen molar-refractivity contribution < 1.29 is 23.9 Å². The van der Waals surface area contributed by atoms with Crippen molar-refractivity contribution in [2.75, 3.05) is 38.0 Å². The van der Waals surface area contributed by atoms with Crippen LogP contribution in [0.25, 0.3) is 0 Å². The summed E-state index contributed by atoms with van der Waals surface area (Å²) in [6.07, 6.45) is -1.02. The summed E-state index contributed by atoms with van der Waals surface area (Å²) in [6.45, 7) is 1.91. The van der Waals surface area contributed by atoms with Crippen LogP contribution in [0.2, 0.25) is 0 Å². The van der Waals surface area contributed by atoms with Crippen molar-refractivity contribution in [3.05, 3.63) is 66.0 Å². The van der Waals surface area contributed by atoms with Crippen molar-refractivity contribution >= 4 is 23.4 Å². The van der Waals surface area contributed by atoms with Crippen molar-refractivity contribution in [1.82, 2.24) is 15.1 Å². The second kappa shape index (κ2) is 10.6. The van der Waals surface area contributed by atoms with Gasteiger partial charge < -0.3 is 20.6 Å². The molecule has 1 atom stereocenters. The van der Waals surface area contributed by atoms with Gasteiger partial charge in [0.2, 0.25) is 12.1 Å². The van der Waals surface area contributed by atoms with Gasteiger partial charge in [0.05, 0.1) is 6.54 Å². The summed E-state index contributed by atoms with van der Waals surface area (Å²) in [6, 6.07) is 13.8. The fourth-order valence-corrected chi connectivity index (χ4v) is 3.32. The van der Waals surface area contributed by atoms with E-state index in [1.54, 1.807) is 30.3 Å². The number of anilines is 1. The lowest BCUT2D eigenvalue weighted by Gasteiger charge is -2.24. The Balaban J connectivity index is 1.47. The van der Waals surface area contributed by atoms with Gasteiger partial charge >= 0.3 is 0 Å². The maximum absolute atomic E-state index is 13.0. The van der Waals surface area contributed by atoms with Crippen molar-refractivity contribution in [1.29, 1.82) is 0 Å². The Hall–Kier alpha value is -3.30. The molecule has 0 spiro atoms. The third-order valence-electron chi connectivity index (χ3n) is 4.93. The van der Waals surface area contributed by atoms with Gasteiger partial charge in [-0.15, -0.1) is 0 Å². The number of nitrogens with one attached hydrogen (secondary N) is 2. The highest BCUT2D eigenvalue weighted by molar-refractivity contribution is 5.97. The van der Waals surface area contributed by atoms with E-state index in [4.69, 9.17) is 0 Å². The number of hydrogen-bond donors (Lipinski definition) is 3. The zero-order chi connectivity index (χ0) is 22.2. The Labute approximate surface area is 179 Å². The first-order chi connectivity index (χ1) is 14.9. The van der Waals surface area contributed by atoms with Crippen LogP contribution in [-0.2, 0) is 9.59 Å². The van der Waals surface area contributed by atoms with Gasteiger partial charge in [0.25, 0.3) is 11.8 Å². The third kappa shape index (κ3) is 6.59. The number of hydrogen-bond acceptors (Lipinski definition) is 5. The van der Waals surface area contributed by atoms with Crippen molar-refractivity contribution in [3.63, 3.8) is 0 Å². The highest BCUT2D eigenvalue weighted by Crippen LogP contribution is 2.09. The highest BCUT2D eigenvalue weighted by Gasteiger charge is 2.26. The number of aliphatic hydroxyl groups excluding tert-OH is 1. The first-order valence-corrected chi connectivity index (χ1v) is 10.0. The number of amides is 3. The Morgan fingerprint density at radius 2 is 1.68 bits per heavy atom. The summed E-state index contributed by atoms with van der Waals surface area (Å²) in [5.41, 5.74) is 0.860. The van der Waals surface area contributed by atoms with Crippen LogP contribution in [0.5, 0.6) is 0 Å². The number of aliphatic hydroxyl groups is 1. The molecule has 9 heteroatoms. The SMILES string of the molecule is O=C(CN1CCCN(C(=O)C(O)NC(=O)c2ccccc2)CC1)Nc1ccc(F)cc1. The van der Waals surface area contributed by atoms with Gasteiger partial charge in [0.15, 0.2) is 0 Å². The van der Waals surface area contributed by atoms with Crippen LogP contribution in [0, 0.1) is 5.82 Å². The summed E-state index contributed by atoms with van der Waals surface area (Å²) >= 11 is 0. The lowest BCUT2D eigenvalue weighted by atomic mass is 10.2. The van der Waals surface area contributed by atoms with E-state index in [0.29, 0.717) is 43.9 Å². The third-order valence-corrected chi connectivity index (χ3v) is 4.93. The molecule has 2 aromatic rings. The molecule has 31 heavy (non-hydrogen) atoms. The number of carbonyl (C=O) groups is 3. The molecule has 1 heterocycles. The zero-order valence-electron chi connectivity index (χ0n) is 17.0. The topological polar surface area (TPSA) is 102 Å². The number of halogens is 1. The average Bonchev–Trinajstić information content (AvgIpc) is 3.00. The van der Waals surface area contributed by atoms with Crippen LogP contribution in [0.3, 0.4) is 0 Å². The van der Waals surface area contributed by atoms with Crippen molar-refractivity contribution in [2.24, 2.45) is 0 Å². The molecule has 164 valence electrons. The molecule has 0 saturated carbocycles. The Morgan fingerprint density at radius 3 is 2.39 bits per heavy atom. The molecule has 1 fully saturated rings. The van der Waals surface area contributed by atoms with E-state index in [2.05, 4.69) is 10.6 Å². The zero-order valence-corrected chi connectivity index (χ0v) is 17.0. The lowest BCUT2D eigenvalue weighted by Crippen LogP contribution is -2.49. The minimum Gasteiger partial charge on any atom is -0.365 e. The van der Waals surface area contributed by atoms with Crippen LogP contribution in [0.15, 0.2) is 54.6 Å². The summed E-state index contributed by atoms with van der Waals surface area (Å²) in [5.74, 6) is -1.73. The molecule has 3 amide bonds. The molecule has 3 N–H and O–H groups in total. The number of benzene rings is 2. The molecule has 1 unspecified atom stereocenters. The van der Waals surface area contributed by atoms with E-state index in [0.717, 1.165) is 0 Å². The predicted molar refractivity (Wildman–Crippen MR) is 113 cm³/mol.